The van der Waals surface area contributed by atoms with Crippen molar-refractivity contribution < 1.29 is 13.2 Å². The molecule has 0 aromatic carbocycles. The van der Waals surface area contributed by atoms with E-state index in [1.165, 1.54) is 10.6 Å². The highest BCUT2D eigenvalue weighted by Gasteiger charge is 2.25. The summed E-state index contributed by atoms with van der Waals surface area (Å²) in [6.07, 6.45) is 2.49. The van der Waals surface area contributed by atoms with Crippen LogP contribution in [0.1, 0.15) is 19.8 Å². The van der Waals surface area contributed by atoms with Crippen LogP contribution >= 0.6 is 0 Å². The SMILES string of the molecule is CC(CN)CCC(=O)N1CCN(S(C)(=O)=O)CC1. The number of carbonyl (C=O) groups excluding carboxylic acids is 1. The number of rotatable bonds is 5. The summed E-state index contributed by atoms with van der Waals surface area (Å²) in [5.74, 6) is 0.453. The van der Waals surface area contributed by atoms with Crippen LogP contribution in [0.3, 0.4) is 0 Å². The van der Waals surface area contributed by atoms with Gasteiger partial charge in [0, 0.05) is 32.6 Å². The topological polar surface area (TPSA) is 83.7 Å². The number of sulfonamides is 1. The summed E-state index contributed by atoms with van der Waals surface area (Å²) in [6, 6.07) is 0. The van der Waals surface area contributed by atoms with Crippen LogP contribution in [0.4, 0.5) is 0 Å². The lowest BCUT2D eigenvalue weighted by atomic mass is 10.1. The van der Waals surface area contributed by atoms with Crippen molar-refractivity contribution in [2.75, 3.05) is 39.0 Å². The molecule has 1 amide bonds. The van der Waals surface area contributed by atoms with Gasteiger partial charge in [-0.3, -0.25) is 4.79 Å². The zero-order valence-electron chi connectivity index (χ0n) is 11.1. The number of nitrogens with zero attached hydrogens (tertiary/aromatic N) is 2. The molecule has 0 saturated carbocycles. The number of nitrogens with two attached hydrogens (primary N) is 1. The summed E-state index contributed by atoms with van der Waals surface area (Å²) in [7, 11) is -3.13. The van der Waals surface area contributed by atoms with Crippen LogP contribution in [-0.2, 0) is 14.8 Å². The first kappa shape index (κ1) is 15.4. The van der Waals surface area contributed by atoms with Gasteiger partial charge in [-0.1, -0.05) is 6.92 Å². The predicted octanol–water partition coefficient (Wildman–Crippen LogP) is -0.535. The van der Waals surface area contributed by atoms with E-state index in [0.717, 1.165) is 6.42 Å². The van der Waals surface area contributed by atoms with E-state index in [0.29, 0.717) is 45.1 Å². The Balaban J connectivity index is 2.36. The average molecular weight is 277 g/mol. The highest BCUT2D eigenvalue weighted by molar-refractivity contribution is 7.88. The van der Waals surface area contributed by atoms with Crippen molar-refractivity contribution in [1.82, 2.24) is 9.21 Å². The molecule has 0 aromatic rings. The molecular weight excluding hydrogens is 254 g/mol. The number of amides is 1. The minimum absolute atomic E-state index is 0.100. The number of piperazine rings is 1. The van der Waals surface area contributed by atoms with E-state index in [1.807, 2.05) is 6.92 Å². The second kappa shape index (κ2) is 6.49. The molecule has 0 aromatic heterocycles. The lowest BCUT2D eigenvalue weighted by Gasteiger charge is -2.33. The molecule has 1 aliphatic rings. The normalized spacial score (nSPS) is 19.8. The number of hydrogen-bond acceptors (Lipinski definition) is 4. The van der Waals surface area contributed by atoms with E-state index in [2.05, 4.69) is 0 Å². The molecule has 6 nitrogen and oxygen atoms in total. The predicted molar refractivity (Wildman–Crippen MR) is 70.4 cm³/mol. The molecule has 1 aliphatic heterocycles. The first-order valence-corrected chi connectivity index (χ1v) is 8.12. The Morgan fingerprint density at radius 1 is 1.28 bits per heavy atom. The maximum atomic E-state index is 11.9. The molecule has 1 atom stereocenters. The fourth-order valence-corrected chi connectivity index (χ4v) is 2.74. The van der Waals surface area contributed by atoms with Gasteiger partial charge in [-0.25, -0.2) is 8.42 Å². The molecule has 106 valence electrons. The average Bonchev–Trinajstić information content (AvgIpc) is 2.34. The van der Waals surface area contributed by atoms with Gasteiger partial charge >= 0.3 is 0 Å². The summed E-state index contributed by atoms with van der Waals surface area (Å²) in [5.41, 5.74) is 5.50. The molecule has 1 heterocycles. The zero-order valence-corrected chi connectivity index (χ0v) is 11.9. The Hall–Kier alpha value is -0.660. The largest absolute Gasteiger partial charge is 0.340 e. The molecule has 1 saturated heterocycles. The summed E-state index contributed by atoms with van der Waals surface area (Å²) in [5, 5.41) is 0. The Morgan fingerprint density at radius 3 is 2.28 bits per heavy atom. The fourth-order valence-electron chi connectivity index (χ4n) is 1.91. The van der Waals surface area contributed by atoms with Gasteiger partial charge < -0.3 is 10.6 Å². The highest BCUT2D eigenvalue weighted by atomic mass is 32.2. The molecule has 2 N–H and O–H groups in total. The van der Waals surface area contributed by atoms with E-state index in [4.69, 9.17) is 5.73 Å². The molecule has 7 heteroatoms. The van der Waals surface area contributed by atoms with E-state index in [1.54, 1.807) is 4.90 Å². The summed E-state index contributed by atoms with van der Waals surface area (Å²) in [4.78, 5) is 13.6. The van der Waals surface area contributed by atoms with E-state index < -0.39 is 10.0 Å². The Labute approximate surface area is 109 Å². The Morgan fingerprint density at radius 2 is 1.83 bits per heavy atom. The minimum Gasteiger partial charge on any atom is -0.340 e. The molecule has 1 unspecified atom stereocenters. The van der Waals surface area contributed by atoms with Gasteiger partial charge in [-0.2, -0.15) is 4.31 Å². The third-order valence-corrected chi connectivity index (χ3v) is 4.62. The standard InChI is InChI=1S/C11H23N3O3S/c1-10(9-12)3-4-11(15)13-5-7-14(8-6-13)18(2,16)17/h10H,3-9,12H2,1-2H3. The summed E-state index contributed by atoms with van der Waals surface area (Å²) >= 11 is 0. The molecule has 0 aliphatic carbocycles. The second-order valence-corrected chi connectivity index (χ2v) is 6.90. The smallest absolute Gasteiger partial charge is 0.222 e. The van der Waals surface area contributed by atoms with E-state index in [9.17, 15) is 13.2 Å². The zero-order chi connectivity index (χ0) is 13.8. The summed E-state index contributed by atoms with van der Waals surface area (Å²) in [6.45, 7) is 4.39. The molecule has 1 rings (SSSR count). The summed E-state index contributed by atoms with van der Waals surface area (Å²) < 4.78 is 24.1. The van der Waals surface area contributed by atoms with Gasteiger partial charge in [0.1, 0.15) is 0 Å². The monoisotopic (exact) mass is 277 g/mol. The van der Waals surface area contributed by atoms with Gasteiger partial charge in [-0.05, 0) is 18.9 Å². The molecule has 1 fully saturated rings. The van der Waals surface area contributed by atoms with Crippen LogP contribution in [0.25, 0.3) is 0 Å². The minimum atomic E-state index is -3.13. The van der Waals surface area contributed by atoms with Crippen LogP contribution in [0, 0.1) is 5.92 Å². The maximum Gasteiger partial charge on any atom is 0.222 e. The Kier molecular flexibility index (Phi) is 5.55. The number of hydrogen-bond donors (Lipinski definition) is 1. The van der Waals surface area contributed by atoms with Crippen LogP contribution in [0.2, 0.25) is 0 Å². The van der Waals surface area contributed by atoms with Gasteiger partial charge in [-0.15, -0.1) is 0 Å². The third-order valence-electron chi connectivity index (χ3n) is 3.31. The van der Waals surface area contributed by atoms with E-state index in [-0.39, 0.29) is 5.91 Å². The van der Waals surface area contributed by atoms with Crippen LogP contribution < -0.4 is 5.73 Å². The molecule has 18 heavy (non-hydrogen) atoms. The second-order valence-electron chi connectivity index (χ2n) is 4.92. The van der Waals surface area contributed by atoms with Gasteiger partial charge in [0.25, 0.3) is 0 Å². The van der Waals surface area contributed by atoms with Crippen molar-refractivity contribution in [1.29, 1.82) is 0 Å². The number of carbonyl (C=O) groups is 1. The first-order chi connectivity index (χ1) is 8.34. The van der Waals surface area contributed by atoms with Crippen molar-refractivity contribution in [3.05, 3.63) is 0 Å². The lowest BCUT2D eigenvalue weighted by Crippen LogP contribution is -2.50. The quantitative estimate of drug-likeness (QED) is 0.732. The van der Waals surface area contributed by atoms with Crippen molar-refractivity contribution >= 4 is 15.9 Å². The molecular formula is C11H23N3O3S. The van der Waals surface area contributed by atoms with Crippen molar-refractivity contribution in [2.24, 2.45) is 11.7 Å². The van der Waals surface area contributed by atoms with Crippen molar-refractivity contribution in [2.45, 2.75) is 19.8 Å². The van der Waals surface area contributed by atoms with Crippen molar-refractivity contribution in [3.63, 3.8) is 0 Å². The highest BCUT2D eigenvalue weighted by Crippen LogP contribution is 2.10. The van der Waals surface area contributed by atoms with Crippen molar-refractivity contribution in [3.8, 4) is 0 Å². The Bertz CT molecular complexity index is 375. The van der Waals surface area contributed by atoms with E-state index >= 15 is 0 Å². The van der Waals surface area contributed by atoms with Gasteiger partial charge in [0.2, 0.25) is 15.9 Å². The van der Waals surface area contributed by atoms with Gasteiger partial charge in [0.05, 0.1) is 6.26 Å². The van der Waals surface area contributed by atoms with Crippen LogP contribution in [0.5, 0.6) is 0 Å². The van der Waals surface area contributed by atoms with Crippen LogP contribution in [-0.4, -0.2) is 62.5 Å². The maximum absolute atomic E-state index is 11.9. The molecule has 0 spiro atoms. The molecule has 0 radical (unpaired) electrons. The van der Waals surface area contributed by atoms with Crippen LogP contribution in [0.15, 0.2) is 0 Å². The first-order valence-electron chi connectivity index (χ1n) is 6.27. The molecule has 0 bridgehead atoms. The van der Waals surface area contributed by atoms with Gasteiger partial charge in [0.15, 0.2) is 0 Å². The lowest BCUT2D eigenvalue weighted by molar-refractivity contribution is -0.132. The third kappa shape index (κ3) is 4.55. The fraction of sp³-hybridized carbons (Fsp3) is 0.909.